The van der Waals surface area contributed by atoms with Crippen molar-refractivity contribution in [3.8, 4) is 5.75 Å². The molecule has 4 rings (SSSR count). The highest BCUT2D eigenvalue weighted by Gasteiger charge is 2.30. The minimum Gasteiger partial charge on any atom is -0.467 e. The zero-order valence-electron chi connectivity index (χ0n) is 15.5. The van der Waals surface area contributed by atoms with Gasteiger partial charge in [-0.1, -0.05) is 29.8 Å². The molecule has 8 heteroatoms. The van der Waals surface area contributed by atoms with Crippen LogP contribution in [0.1, 0.15) is 33.5 Å². The number of halogens is 1. The van der Waals surface area contributed by atoms with E-state index in [9.17, 15) is 14.4 Å². The van der Waals surface area contributed by atoms with Crippen LogP contribution < -0.4 is 4.74 Å². The van der Waals surface area contributed by atoms with Gasteiger partial charge < -0.3 is 14.2 Å². The molecule has 0 fully saturated rings. The van der Waals surface area contributed by atoms with Crippen LogP contribution >= 0.6 is 11.6 Å². The second kappa shape index (κ2) is 8.23. The second-order valence-electron chi connectivity index (χ2n) is 6.76. The van der Waals surface area contributed by atoms with E-state index in [2.05, 4.69) is 0 Å². The SMILES string of the molecule is O=C(CCN1C(=O)Cc2ccccc2C1=O)OCc1cc(Cl)cc2c1OCOC2. The van der Waals surface area contributed by atoms with Gasteiger partial charge in [0, 0.05) is 28.3 Å². The molecule has 150 valence electrons. The number of rotatable bonds is 5. The van der Waals surface area contributed by atoms with Gasteiger partial charge in [-0.3, -0.25) is 19.3 Å². The van der Waals surface area contributed by atoms with Crippen molar-refractivity contribution in [2.45, 2.75) is 26.1 Å². The third-order valence-corrected chi connectivity index (χ3v) is 5.03. The zero-order chi connectivity index (χ0) is 20.4. The van der Waals surface area contributed by atoms with Crippen molar-refractivity contribution < 1.29 is 28.6 Å². The maximum Gasteiger partial charge on any atom is 0.307 e. The topological polar surface area (TPSA) is 82.1 Å². The van der Waals surface area contributed by atoms with Crippen LogP contribution in [0.25, 0.3) is 0 Å². The van der Waals surface area contributed by atoms with Gasteiger partial charge in [0.1, 0.15) is 12.4 Å². The molecule has 7 nitrogen and oxygen atoms in total. The number of carbonyl (C=O) groups excluding carboxylic acids is 3. The van der Waals surface area contributed by atoms with E-state index >= 15 is 0 Å². The quantitative estimate of drug-likeness (QED) is 0.551. The summed E-state index contributed by atoms with van der Waals surface area (Å²) >= 11 is 6.10. The molecule has 2 aromatic carbocycles. The van der Waals surface area contributed by atoms with Crippen molar-refractivity contribution in [2.75, 3.05) is 13.3 Å². The van der Waals surface area contributed by atoms with E-state index in [1.54, 1.807) is 36.4 Å². The van der Waals surface area contributed by atoms with Crippen LogP contribution in [0.2, 0.25) is 5.02 Å². The lowest BCUT2D eigenvalue weighted by molar-refractivity contribution is -0.145. The number of imide groups is 1. The van der Waals surface area contributed by atoms with Crippen molar-refractivity contribution >= 4 is 29.4 Å². The molecular formula is C21H18ClNO6. The largest absolute Gasteiger partial charge is 0.467 e. The predicted molar refractivity (Wildman–Crippen MR) is 102 cm³/mol. The third-order valence-electron chi connectivity index (χ3n) is 4.82. The first-order chi connectivity index (χ1) is 14.0. The van der Waals surface area contributed by atoms with E-state index in [1.807, 2.05) is 0 Å². The van der Waals surface area contributed by atoms with Gasteiger partial charge in [-0.25, -0.2) is 0 Å². The van der Waals surface area contributed by atoms with Gasteiger partial charge in [-0.05, 0) is 23.8 Å². The fourth-order valence-corrected chi connectivity index (χ4v) is 3.69. The highest BCUT2D eigenvalue weighted by Crippen LogP contribution is 2.32. The van der Waals surface area contributed by atoms with Crippen LogP contribution in [0, 0.1) is 0 Å². The number of carbonyl (C=O) groups is 3. The molecule has 0 atom stereocenters. The highest BCUT2D eigenvalue weighted by atomic mass is 35.5. The number of nitrogens with zero attached hydrogens (tertiary/aromatic N) is 1. The Morgan fingerprint density at radius 2 is 2.00 bits per heavy atom. The van der Waals surface area contributed by atoms with E-state index < -0.39 is 5.97 Å². The summed E-state index contributed by atoms with van der Waals surface area (Å²) in [7, 11) is 0. The maximum atomic E-state index is 12.5. The Morgan fingerprint density at radius 1 is 1.17 bits per heavy atom. The number of benzene rings is 2. The van der Waals surface area contributed by atoms with Crippen LogP contribution in [0.5, 0.6) is 5.75 Å². The summed E-state index contributed by atoms with van der Waals surface area (Å²) in [6.45, 7) is 0.447. The van der Waals surface area contributed by atoms with Crippen LogP contribution in [0.15, 0.2) is 36.4 Å². The van der Waals surface area contributed by atoms with Crippen LogP contribution in [-0.2, 0) is 38.7 Å². The lowest BCUT2D eigenvalue weighted by atomic mass is 9.98. The number of esters is 1. The summed E-state index contributed by atoms with van der Waals surface area (Å²) in [6, 6.07) is 10.4. The minimum absolute atomic E-state index is 0.0214. The average Bonchev–Trinajstić information content (AvgIpc) is 2.71. The zero-order valence-corrected chi connectivity index (χ0v) is 16.2. The molecule has 0 N–H and O–H groups in total. The standard InChI is InChI=1S/C21H18ClNO6/c22-16-7-14-10-27-12-29-20(14)15(8-16)11-28-19(25)5-6-23-18(24)9-13-3-1-2-4-17(13)21(23)26/h1-4,7-8H,5-6,9-12H2. The number of ether oxygens (including phenoxy) is 3. The average molecular weight is 416 g/mol. The summed E-state index contributed by atoms with van der Waals surface area (Å²) < 4.78 is 16.0. The number of amides is 2. The molecule has 0 saturated carbocycles. The molecule has 0 aliphatic carbocycles. The summed E-state index contributed by atoms with van der Waals surface area (Å²) in [5.74, 6) is -0.627. The van der Waals surface area contributed by atoms with Crippen molar-refractivity contribution in [2.24, 2.45) is 0 Å². The van der Waals surface area contributed by atoms with Gasteiger partial charge in [-0.15, -0.1) is 0 Å². The second-order valence-corrected chi connectivity index (χ2v) is 7.20. The van der Waals surface area contributed by atoms with Gasteiger partial charge in [0.25, 0.3) is 5.91 Å². The predicted octanol–water partition coefficient (Wildman–Crippen LogP) is 2.86. The lowest BCUT2D eigenvalue weighted by Gasteiger charge is -2.26. The first-order valence-corrected chi connectivity index (χ1v) is 9.51. The fourth-order valence-electron chi connectivity index (χ4n) is 3.42. The summed E-state index contributed by atoms with van der Waals surface area (Å²) in [4.78, 5) is 38.1. The Morgan fingerprint density at radius 3 is 2.86 bits per heavy atom. The smallest absolute Gasteiger partial charge is 0.307 e. The van der Waals surface area contributed by atoms with Crippen molar-refractivity contribution in [3.63, 3.8) is 0 Å². The van der Waals surface area contributed by atoms with E-state index in [4.69, 9.17) is 25.8 Å². The third kappa shape index (κ3) is 4.11. The minimum atomic E-state index is -0.523. The Labute approximate surface area is 172 Å². The molecular weight excluding hydrogens is 398 g/mol. The maximum absolute atomic E-state index is 12.5. The van der Waals surface area contributed by atoms with E-state index in [1.165, 1.54) is 0 Å². The first-order valence-electron chi connectivity index (χ1n) is 9.13. The van der Waals surface area contributed by atoms with E-state index in [0.717, 1.165) is 10.5 Å². The van der Waals surface area contributed by atoms with Crippen molar-refractivity contribution in [1.82, 2.24) is 4.90 Å². The van der Waals surface area contributed by atoms with E-state index in [0.29, 0.717) is 34.1 Å². The summed E-state index contributed by atoms with van der Waals surface area (Å²) in [6.07, 6.45) is 0.0530. The van der Waals surface area contributed by atoms with Gasteiger partial charge in [-0.2, -0.15) is 0 Å². The monoisotopic (exact) mass is 415 g/mol. The Bertz CT molecular complexity index is 989. The Hall–Kier alpha value is -2.90. The molecule has 0 spiro atoms. The molecule has 2 aliphatic rings. The van der Waals surface area contributed by atoms with Crippen molar-refractivity contribution in [1.29, 1.82) is 0 Å². The van der Waals surface area contributed by atoms with Crippen LogP contribution in [0.4, 0.5) is 0 Å². The molecule has 0 unspecified atom stereocenters. The normalized spacial score (nSPS) is 15.4. The van der Waals surface area contributed by atoms with Gasteiger partial charge in [0.2, 0.25) is 5.91 Å². The lowest BCUT2D eigenvalue weighted by Crippen LogP contribution is -2.43. The molecule has 2 aromatic rings. The Balaban J connectivity index is 1.36. The first kappa shape index (κ1) is 19.4. The Kier molecular flexibility index (Phi) is 5.51. The molecule has 0 radical (unpaired) electrons. The van der Waals surface area contributed by atoms with Crippen LogP contribution in [-0.4, -0.2) is 36.0 Å². The molecule has 2 aliphatic heterocycles. The van der Waals surface area contributed by atoms with E-state index in [-0.39, 0.29) is 44.6 Å². The molecule has 2 amide bonds. The van der Waals surface area contributed by atoms with Gasteiger partial charge in [0.15, 0.2) is 6.79 Å². The van der Waals surface area contributed by atoms with Crippen molar-refractivity contribution in [3.05, 3.63) is 63.7 Å². The number of hydrogen-bond acceptors (Lipinski definition) is 6. The molecule has 0 bridgehead atoms. The molecule has 29 heavy (non-hydrogen) atoms. The number of hydrogen-bond donors (Lipinski definition) is 0. The van der Waals surface area contributed by atoms with Crippen LogP contribution in [0.3, 0.4) is 0 Å². The fraction of sp³-hybridized carbons (Fsp3) is 0.286. The summed E-state index contributed by atoms with van der Waals surface area (Å²) in [5.41, 5.74) is 2.63. The molecule has 0 aromatic heterocycles. The number of fused-ring (bicyclic) bond motifs is 2. The molecule has 2 heterocycles. The van der Waals surface area contributed by atoms with Gasteiger partial charge in [0.05, 0.1) is 19.4 Å². The van der Waals surface area contributed by atoms with Gasteiger partial charge >= 0.3 is 5.97 Å². The summed E-state index contributed by atoms with van der Waals surface area (Å²) in [5, 5.41) is 0.493. The molecule has 0 saturated heterocycles. The highest BCUT2D eigenvalue weighted by molar-refractivity contribution is 6.30.